The maximum absolute atomic E-state index is 15.5. The minimum atomic E-state index is -0.861. The number of nitrogens with one attached hydrogen (secondary N) is 1. The van der Waals surface area contributed by atoms with Crippen molar-refractivity contribution in [3.05, 3.63) is 47.6 Å². The van der Waals surface area contributed by atoms with E-state index < -0.39 is 12.4 Å². The van der Waals surface area contributed by atoms with Gasteiger partial charge in [0.05, 0.1) is 53.1 Å². The fourth-order valence-electron chi connectivity index (χ4n) is 5.09. The van der Waals surface area contributed by atoms with E-state index >= 15 is 4.39 Å². The second-order valence-electron chi connectivity index (χ2n) is 9.61. The number of rotatable bonds is 5. The van der Waals surface area contributed by atoms with Crippen molar-refractivity contribution in [3.8, 4) is 22.5 Å². The molecule has 4 aromatic rings. The average Bonchev–Trinajstić information content (AvgIpc) is 3.55. The Morgan fingerprint density at radius 2 is 2.06 bits per heavy atom. The fraction of sp³-hybridized carbons (Fsp3) is 0.400. The van der Waals surface area contributed by atoms with Crippen molar-refractivity contribution in [2.45, 2.75) is 50.8 Å². The summed E-state index contributed by atoms with van der Waals surface area (Å²) in [5, 5.41) is 18.8. The molecular formula is C25H26ClFN6O3. The third-order valence-corrected chi connectivity index (χ3v) is 7.01. The second kappa shape index (κ2) is 8.81. The van der Waals surface area contributed by atoms with Gasteiger partial charge in [-0.05, 0) is 38.5 Å². The molecule has 0 spiro atoms. The molecule has 188 valence electrons. The van der Waals surface area contributed by atoms with Crippen molar-refractivity contribution >= 4 is 28.5 Å². The van der Waals surface area contributed by atoms with Gasteiger partial charge in [-0.2, -0.15) is 5.10 Å². The third-order valence-electron chi connectivity index (χ3n) is 6.74. The van der Waals surface area contributed by atoms with E-state index in [0.29, 0.717) is 34.7 Å². The molecule has 0 radical (unpaired) electrons. The first-order valence-electron chi connectivity index (χ1n) is 11.9. The Morgan fingerprint density at radius 1 is 1.22 bits per heavy atom. The summed E-state index contributed by atoms with van der Waals surface area (Å²) < 4.78 is 30.3. The van der Waals surface area contributed by atoms with Crippen molar-refractivity contribution in [1.82, 2.24) is 24.3 Å². The van der Waals surface area contributed by atoms with E-state index in [9.17, 15) is 5.11 Å². The van der Waals surface area contributed by atoms with Crippen molar-refractivity contribution in [2.24, 2.45) is 7.05 Å². The minimum Gasteiger partial charge on any atom is -0.386 e. The summed E-state index contributed by atoms with van der Waals surface area (Å²) in [7, 11) is 1.85. The van der Waals surface area contributed by atoms with Crippen LogP contribution in [0.15, 0.2) is 36.8 Å². The number of hydrogen-bond acceptors (Lipinski definition) is 7. The Morgan fingerprint density at radius 3 is 2.81 bits per heavy atom. The lowest BCUT2D eigenvalue weighted by atomic mass is 10.0. The smallest absolute Gasteiger partial charge is 0.223 e. The lowest BCUT2D eigenvalue weighted by Gasteiger charge is -2.32. The molecule has 0 saturated carbocycles. The maximum atomic E-state index is 15.5. The van der Waals surface area contributed by atoms with Gasteiger partial charge in [0.15, 0.2) is 6.29 Å². The fourth-order valence-corrected chi connectivity index (χ4v) is 5.29. The molecule has 2 fully saturated rings. The van der Waals surface area contributed by atoms with Crippen LogP contribution in [0, 0.1) is 5.82 Å². The molecule has 9 nitrogen and oxygen atoms in total. The summed E-state index contributed by atoms with van der Waals surface area (Å²) in [4.78, 5) is 8.88. The van der Waals surface area contributed by atoms with Gasteiger partial charge < -0.3 is 24.5 Å². The summed E-state index contributed by atoms with van der Waals surface area (Å²) in [5.74, 6) is -0.0830. The Bertz CT molecular complexity index is 1450. The van der Waals surface area contributed by atoms with Crippen molar-refractivity contribution in [3.63, 3.8) is 0 Å². The quantitative estimate of drug-likeness (QED) is 0.414. The normalized spacial score (nSPS) is 23.6. The van der Waals surface area contributed by atoms with Crippen LogP contribution in [0.4, 0.5) is 10.3 Å². The van der Waals surface area contributed by atoms with Gasteiger partial charge in [0.1, 0.15) is 11.9 Å². The molecule has 1 aromatic carbocycles. The topological polar surface area (TPSA) is 99.3 Å². The molecular weight excluding hydrogens is 487 g/mol. The number of aliphatic hydroxyl groups is 1. The number of aryl methyl sites for hydroxylation is 1. The molecule has 0 unspecified atom stereocenters. The minimum absolute atomic E-state index is 0.0676. The molecule has 11 heteroatoms. The maximum Gasteiger partial charge on any atom is 0.223 e. The predicted molar refractivity (Wildman–Crippen MR) is 133 cm³/mol. The number of ether oxygens (including phenoxy) is 2. The Hall–Kier alpha value is -3.05. The standard InChI is InChI=1S/C25H26ClFN6O3/c1-12(2)33-20(14-8-29-32(3)10-14)7-16-18(27)4-13(5-21(16)33)22-17(26)9-28-25(31-22)30-19-6-15-11-35-24(36-15)23(19)34/h4-5,7-10,12,15,19,23-24,34H,6,11H2,1-3H3,(H,28,30,31)/t15-,19+,23-,24+/m0/s1. The number of benzene rings is 1. The van der Waals surface area contributed by atoms with Gasteiger partial charge in [-0.3, -0.25) is 4.68 Å². The van der Waals surface area contributed by atoms with E-state index in [4.69, 9.17) is 21.1 Å². The average molecular weight is 513 g/mol. The summed E-state index contributed by atoms with van der Waals surface area (Å²) in [6.07, 6.45) is 4.10. The van der Waals surface area contributed by atoms with E-state index in [1.165, 1.54) is 12.3 Å². The zero-order valence-corrected chi connectivity index (χ0v) is 20.8. The highest BCUT2D eigenvalue weighted by Gasteiger charge is 2.43. The zero-order chi connectivity index (χ0) is 25.1. The summed E-state index contributed by atoms with van der Waals surface area (Å²) in [5.41, 5.74) is 3.45. The van der Waals surface area contributed by atoms with Gasteiger partial charge in [-0.25, -0.2) is 14.4 Å². The second-order valence-corrected chi connectivity index (χ2v) is 10.0. The first-order chi connectivity index (χ1) is 17.3. The van der Waals surface area contributed by atoms with Gasteiger partial charge in [0.25, 0.3) is 0 Å². The molecule has 6 rings (SSSR count). The summed E-state index contributed by atoms with van der Waals surface area (Å²) >= 11 is 6.49. The van der Waals surface area contributed by atoms with E-state index in [-0.39, 0.29) is 30.0 Å². The molecule has 3 aromatic heterocycles. The van der Waals surface area contributed by atoms with Gasteiger partial charge >= 0.3 is 0 Å². The molecule has 0 amide bonds. The van der Waals surface area contributed by atoms with E-state index in [1.807, 2.05) is 25.4 Å². The van der Waals surface area contributed by atoms with E-state index in [0.717, 1.165) is 16.8 Å². The van der Waals surface area contributed by atoms with Crippen LogP contribution in [0.25, 0.3) is 33.4 Å². The van der Waals surface area contributed by atoms with E-state index in [2.05, 4.69) is 38.8 Å². The molecule has 2 saturated heterocycles. The molecule has 0 aliphatic carbocycles. The van der Waals surface area contributed by atoms with Crippen LogP contribution in [0.5, 0.6) is 0 Å². The first-order valence-corrected chi connectivity index (χ1v) is 12.2. The number of nitrogens with zero attached hydrogens (tertiary/aromatic N) is 5. The van der Waals surface area contributed by atoms with Crippen LogP contribution >= 0.6 is 11.6 Å². The van der Waals surface area contributed by atoms with Crippen LogP contribution < -0.4 is 5.32 Å². The lowest BCUT2D eigenvalue weighted by Crippen LogP contribution is -2.48. The molecule has 2 aliphatic rings. The zero-order valence-electron chi connectivity index (χ0n) is 20.0. The molecule has 2 N–H and O–H groups in total. The number of anilines is 1. The van der Waals surface area contributed by atoms with Gasteiger partial charge in [-0.1, -0.05) is 11.6 Å². The Labute approximate surface area is 211 Å². The van der Waals surface area contributed by atoms with Gasteiger partial charge in [0.2, 0.25) is 5.95 Å². The highest BCUT2D eigenvalue weighted by atomic mass is 35.5. The predicted octanol–water partition coefficient (Wildman–Crippen LogP) is 4.16. The summed E-state index contributed by atoms with van der Waals surface area (Å²) in [6.45, 7) is 4.56. The highest BCUT2D eigenvalue weighted by molar-refractivity contribution is 6.33. The van der Waals surface area contributed by atoms with Crippen LogP contribution in [0.3, 0.4) is 0 Å². The number of aliphatic hydroxyl groups excluding tert-OH is 1. The number of aromatic nitrogens is 5. The lowest BCUT2D eigenvalue weighted by molar-refractivity contribution is -0.156. The van der Waals surface area contributed by atoms with E-state index in [1.54, 1.807) is 10.9 Å². The summed E-state index contributed by atoms with van der Waals surface area (Å²) in [6, 6.07) is 4.91. The molecule has 4 atom stereocenters. The van der Waals surface area contributed by atoms with Crippen LogP contribution in [-0.2, 0) is 16.5 Å². The highest BCUT2D eigenvalue weighted by Crippen LogP contribution is 2.37. The monoisotopic (exact) mass is 512 g/mol. The van der Waals surface area contributed by atoms with Gasteiger partial charge in [-0.15, -0.1) is 0 Å². The third kappa shape index (κ3) is 3.94. The van der Waals surface area contributed by atoms with Gasteiger partial charge in [0, 0.05) is 35.8 Å². The largest absolute Gasteiger partial charge is 0.386 e. The molecule has 2 bridgehead atoms. The molecule has 2 aliphatic heterocycles. The molecule has 36 heavy (non-hydrogen) atoms. The van der Waals surface area contributed by atoms with Crippen molar-refractivity contribution in [2.75, 3.05) is 11.9 Å². The Balaban J connectivity index is 1.40. The van der Waals surface area contributed by atoms with Crippen LogP contribution in [-0.4, -0.2) is 60.6 Å². The van der Waals surface area contributed by atoms with Crippen molar-refractivity contribution in [1.29, 1.82) is 0 Å². The number of halogens is 2. The Kier molecular flexibility index (Phi) is 5.71. The first kappa shape index (κ1) is 23.4. The SMILES string of the molecule is CC(C)n1c(-c2cnn(C)c2)cc2c(F)cc(-c3nc(N[C@@H]4C[C@H]5CO[C@H](O5)[C@H]4O)ncc3Cl)cc21. The van der Waals surface area contributed by atoms with Crippen LogP contribution in [0.2, 0.25) is 5.02 Å². The number of fused-ring (bicyclic) bond motifs is 3. The number of hydrogen-bond donors (Lipinski definition) is 2. The molecule has 5 heterocycles. The van der Waals surface area contributed by atoms with Crippen LogP contribution in [0.1, 0.15) is 26.3 Å². The van der Waals surface area contributed by atoms with Crippen molar-refractivity contribution < 1.29 is 19.0 Å².